The minimum atomic E-state index is 0.768. The van der Waals surface area contributed by atoms with Crippen LogP contribution in [0.5, 0.6) is 0 Å². The summed E-state index contributed by atoms with van der Waals surface area (Å²) < 4.78 is 0. The molecule has 2 rings (SSSR count). The second kappa shape index (κ2) is 5.59. The molecule has 0 aromatic carbocycles. The molecule has 88 valence electrons. The lowest BCUT2D eigenvalue weighted by Crippen LogP contribution is -2.19. The lowest BCUT2D eigenvalue weighted by Gasteiger charge is -2.16. The van der Waals surface area contributed by atoms with Crippen molar-refractivity contribution in [1.82, 2.24) is 4.98 Å². The van der Waals surface area contributed by atoms with Gasteiger partial charge in [-0.15, -0.1) is 11.3 Å². The zero-order valence-electron chi connectivity index (χ0n) is 9.67. The minimum absolute atomic E-state index is 0.768. The molecule has 3 nitrogen and oxygen atoms in total. The van der Waals surface area contributed by atoms with E-state index in [-0.39, 0.29) is 0 Å². The van der Waals surface area contributed by atoms with Crippen molar-refractivity contribution in [2.24, 2.45) is 0 Å². The number of likely N-dealkylation sites (N-methyl/N-ethyl adjacent to an activating group) is 1. The standard InChI is InChI=1S/C13H14N2OS/c1-15(12-8-13(9-16)17-10-12)7-5-11-4-2-3-6-14-11/h2-4,6,8-10H,5,7H2,1H3. The lowest BCUT2D eigenvalue weighted by molar-refractivity contribution is 0.112. The third-order valence-corrected chi connectivity index (χ3v) is 3.44. The topological polar surface area (TPSA) is 33.2 Å². The van der Waals surface area contributed by atoms with Crippen LogP contribution >= 0.6 is 11.3 Å². The maximum absolute atomic E-state index is 10.6. The van der Waals surface area contributed by atoms with Gasteiger partial charge in [-0.2, -0.15) is 0 Å². The monoisotopic (exact) mass is 246 g/mol. The van der Waals surface area contributed by atoms with Crippen LogP contribution < -0.4 is 4.90 Å². The Kier molecular flexibility index (Phi) is 3.88. The average Bonchev–Trinajstić information content (AvgIpc) is 2.86. The first kappa shape index (κ1) is 11.8. The lowest BCUT2D eigenvalue weighted by atomic mass is 10.2. The number of hydrogen-bond acceptors (Lipinski definition) is 4. The van der Waals surface area contributed by atoms with Crippen molar-refractivity contribution in [3.63, 3.8) is 0 Å². The third kappa shape index (κ3) is 3.14. The largest absolute Gasteiger partial charge is 0.374 e. The summed E-state index contributed by atoms with van der Waals surface area (Å²) >= 11 is 1.47. The Labute approximate surface area is 105 Å². The summed E-state index contributed by atoms with van der Waals surface area (Å²) in [6, 6.07) is 7.86. The van der Waals surface area contributed by atoms with Crippen molar-refractivity contribution >= 4 is 23.3 Å². The molecule has 2 heterocycles. The smallest absolute Gasteiger partial charge is 0.160 e. The van der Waals surface area contributed by atoms with Crippen molar-refractivity contribution < 1.29 is 4.79 Å². The highest BCUT2D eigenvalue weighted by molar-refractivity contribution is 7.12. The van der Waals surface area contributed by atoms with E-state index < -0.39 is 0 Å². The van der Waals surface area contributed by atoms with E-state index in [4.69, 9.17) is 0 Å². The third-order valence-electron chi connectivity index (χ3n) is 2.59. The zero-order valence-corrected chi connectivity index (χ0v) is 10.5. The molecule has 17 heavy (non-hydrogen) atoms. The molecule has 0 unspecified atom stereocenters. The highest BCUT2D eigenvalue weighted by Gasteiger charge is 2.04. The van der Waals surface area contributed by atoms with Gasteiger partial charge < -0.3 is 4.90 Å². The summed E-state index contributed by atoms with van der Waals surface area (Å²) in [6.07, 6.45) is 3.61. The normalized spacial score (nSPS) is 10.2. The SMILES string of the molecule is CN(CCc1ccccn1)c1csc(C=O)c1. The zero-order chi connectivity index (χ0) is 12.1. The Hall–Kier alpha value is -1.68. The Morgan fingerprint density at radius 2 is 2.35 bits per heavy atom. The molecule has 0 saturated carbocycles. The molecule has 2 aromatic heterocycles. The number of pyridine rings is 1. The van der Waals surface area contributed by atoms with Crippen LogP contribution in [0.15, 0.2) is 35.8 Å². The van der Waals surface area contributed by atoms with Gasteiger partial charge in [0.25, 0.3) is 0 Å². The molecular formula is C13H14N2OS. The van der Waals surface area contributed by atoms with Crippen molar-refractivity contribution in [1.29, 1.82) is 0 Å². The van der Waals surface area contributed by atoms with E-state index in [9.17, 15) is 4.79 Å². The van der Waals surface area contributed by atoms with Crippen LogP contribution in [-0.2, 0) is 6.42 Å². The Balaban J connectivity index is 1.93. The van der Waals surface area contributed by atoms with Crippen LogP contribution in [0.1, 0.15) is 15.4 Å². The second-order valence-corrected chi connectivity index (χ2v) is 4.76. The second-order valence-electron chi connectivity index (χ2n) is 3.82. The summed E-state index contributed by atoms with van der Waals surface area (Å²) in [5, 5.41) is 2.00. The van der Waals surface area contributed by atoms with E-state index in [1.165, 1.54) is 11.3 Å². The van der Waals surface area contributed by atoms with Gasteiger partial charge in [0, 0.05) is 43.0 Å². The molecule has 0 saturated heterocycles. The molecule has 0 bridgehead atoms. The molecule has 0 atom stereocenters. The number of rotatable bonds is 5. The van der Waals surface area contributed by atoms with Crippen molar-refractivity contribution in [2.45, 2.75) is 6.42 Å². The summed E-state index contributed by atoms with van der Waals surface area (Å²) in [7, 11) is 2.03. The van der Waals surface area contributed by atoms with Gasteiger partial charge in [-0.3, -0.25) is 9.78 Å². The molecule has 0 spiro atoms. The first-order chi connectivity index (χ1) is 8.29. The van der Waals surface area contributed by atoms with Crippen LogP contribution in [0, 0.1) is 0 Å². The van der Waals surface area contributed by atoms with Crippen LogP contribution in [-0.4, -0.2) is 24.9 Å². The van der Waals surface area contributed by atoms with Gasteiger partial charge in [0.2, 0.25) is 0 Å². The molecule has 0 radical (unpaired) electrons. The summed E-state index contributed by atoms with van der Waals surface area (Å²) in [5.41, 5.74) is 2.18. The summed E-state index contributed by atoms with van der Waals surface area (Å²) in [4.78, 5) is 17.8. The number of hydrogen-bond donors (Lipinski definition) is 0. The molecular weight excluding hydrogens is 232 g/mol. The highest BCUT2D eigenvalue weighted by atomic mass is 32.1. The number of anilines is 1. The van der Waals surface area contributed by atoms with Crippen molar-refractivity contribution in [3.05, 3.63) is 46.4 Å². The predicted octanol–water partition coefficient (Wildman–Crippen LogP) is 2.63. The number of aldehydes is 1. The highest BCUT2D eigenvalue weighted by Crippen LogP contribution is 2.20. The van der Waals surface area contributed by atoms with Crippen LogP contribution in [0.4, 0.5) is 5.69 Å². The van der Waals surface area contributed by atoms with Gasteiger partial charge in [-0.1, -0.05) is 6.07 Å². The molecule has 2 aromatic rings. The maximum atomic E-state index is 10.6. The van der Waals surface area contributed by atoms with Crippen LogP contribution in [0.25, 0.3) is 0 Å². The fourth-order valence-corrected chi connectivity index (χ4v) is 2.31. The minimum Gasteiger partial charge on any atom is -0.374 e. The number of aromatic nitrogens is 1. The van der Waals surface area contributed by atoms with E-state index >= 15 is 0 Å². The number of carbonyl (C=O) groups excluding carboxylic acids is 1. The fourth-order valence-electron chi connectivity index (χ4n) is 1.56. The maximum Gasteiger partial charge on any atom is 0.160 e. The Morgan fingerprint density at radius 1 is 1.47 bits per heavy atom. The Morgan fingerprint density at radius 3 is 3.00 bits per heavy atom. The van der Waals surface area contributed by atoms with Crippen LogP contribution in [0.2, 0.25) is 0 Å². The van der Waals surface area contributed by atoms with Crippen molar-refractivity contribution in [2.75, 3.05) is 18.5 Å². The summed E-state index contributed by atoms with van der Waals surface area (Å²) in [5.74, 6) is 0. The van der Waals surface area contributed by atoms with Gasteiger partial charge in [-0.25, -0.2) is 0 Å². The van der Waals surface area contributed by atoms with Gasteiger partial charge >= 0.3 is 0 Å². The summed E-state index contributed by atoms with van der Waals surface area (Å²) in [6.45, 7) is 0.895. The molecule has 0 aliphatic rings. The van der Waals surface area contributed by atoms with Crippen molar-refractivity contribution in [3.8, 4) is 0 Å². The predicted molar refractivity (Wildman–Crippen MR) is 70.9 cm³/mol. The molecule has 0 fully saturated rings. The van der Waals surface area contributed by atoms with Gasteiger partial charge in [0.1, 0.15) is 0 Å². The molecule has 0 N–H and O–H groups in total. The van der Waals surface area contributed by atoms with E-state index in [1.54, 1.807) is 0 Å². The van der Waals surface area contributed by atoms with E-state index in [2.05, 4.69) is 9.88 Å². The van der Waals surface area contributed by atoms with E-state index in [1.807, 2.05) is 42.9 Å². The van der Waals surface area contributed by atoms with Crippen LogP contribution in [0.3, 0.4) is 0 Å². The first-order valence-electron chi connectivity index (χ1n) is 5.44. The number of carbonyl (C=O) groups is 1. The molecule has 0 aliphatic heterocycles. The Bertz CT molecular complexity index is 481. The van der Waals surface area contributed by atoms with Gasteiger partial charge in [-0.05, 0) is 18.2 Å². The van der Waals surface area contributed by atoms with Gasteiger partial charge in [0.15, 0.2) is 6.29 Å². The van der Waals surface area contributed by atoms with E-state index in [0.717, 1.165) is 35.5 Å². The average molecular weight is 246 g/mol. The molecule has 4 heteroatoms. The van der Waals surface area contributed by atoms with E-state index in [0.29, 0.717) is 0 Å². The quantitative estimate of drug-likeness (QED) is 0.760. The molecule has 0 aliphatic carbocycles. The number of nitrogens with zero attached hydrogens (tertiary/aromatic N) is 2. The van der Waals surface area contributed by atoms with Gasteiger partial charge in [0.05, 0.1) is 4.88 Å². The first-order valence-corrected chi connectivity index (χ1v) is 6.32. The molecule has 0 amide bonds. The number of thiophene rings is 1. The fraction of sp³-hybridized carbons (Fsp3) is 0.231.